The fourth-order valence-corrected chi connectivity index (χ4v) is 12.9. The lowest BCUT2D eigenvalue weighted by Crippen LogP contribution is -2.28. The smallest absolute Gasteiger partial charge is 0.0713 e. The van der Waals surface area contributed by atoms with Crippen LogP contribution in [0.1, 0.15) is 47.2 Å². The van der Waals surface area contributed by atoms with Crippen molar-refractivity contribution in [2.75, 3.05) is 4.90 Å². The third-order valence-corrected chi connectivity index (χ3v) is 15.8. The van der Waals surface area contributed by atoms with Gasteiger partial charge in [-0.15, -0.1) is 11.3 Å². The summed E-state index contributed by atoms with van der Waals surface area (Å²) in [5.74, 6) is 0. The molecule has 0 amide bonds. The molecular weight excluding hydrogens is 815 g/mol. The number of para-hydroxylation sites is 2. The van der Waals surface area contributed by atoms with Crippen LogP contribution in [-0.4, -0.2) is 0 Å². The van der Waals surface area contributed by atoms with Gasteiger partial charge in [0.25, 0.3) is 0 Å². The quantitative estimate of drug-likeness (QED) is 0.154. The largest absolute Gasteiger partial charge is 0.309 e. The maximum Gasteiger partial charge on any atom is 0.0713 e. The first-order chi connectivity index (χ1) is 32.5. The molecule has 2 aliphatic rings. The van der Waals surface area contributed by atoms with Crippen LogP contribution in [-0.2, 0) is 10.8 Å². The Kier molecular flexibility index (Phi) is 8.72. The van der Waals surface area contributed by atoms with E-state index in [1.54, 1.807) is 0 Å². The first-order valence-electron chi connectivity index (χ1n) is 23.0. The fraction of sp³-hybridized carbons (Fsp3) is 0.0625. The van der Waals surface area contributed by atoms with E-state index in [2.05, 4.69) is 255 Å². The highest BCUT2D eigenvalue weighted by Gasteiger charge is 2.46. The second kappa shape index (κ2) is 14.9. The molecule has 2 heteroatoms. The van der Waals surface area contributed by atoms with Crippen molar-refractivity contribution in [3.8, 4) is 44.5 Å². The van der Waals surface area contributed by atoms with E-state index in [0.717, 1.165) is 17.1 Å². The van der Waals surface area contributed by atoms with E-state index in [4.69, 9.17) is 0 Å². The van der Waals surface area contributed by atoms with Crippen LogP contribution in [0.3, 0.4) is 0 Å². The van der Waals surface area contributed by atoms with Crippen LogP contribution in [0.5, 0.6) is 0 Å². The van der Waals surface area contributed by atoms with Gasteiger partial charge in [0.15, 0.2) is 0 Å². The summed E-state index contributed by atoms with van der Waals surface area (Å²) in [5.41, 5.74) is 20.7. The van der Waals surface area contributed by atoms with Crippen LogP contribution >= 0.6 is 11.3 Å². The summed E-state index contributed by atoms with van der Waals surface area (Å²) in [4.78, 5) is 2.55. The molecule has 312 valence electrons. The minimum atomic E-state index is -0.491. The van der Waals surface area contributed by atoms with Crippen molar-refractivity contribution in [1.29, 1.82) is 0 Å². The van der Waals surface area contributed by atoms with Gasteiger partial charge in [-0.25, -0.2) is 0 Å². The van der Waals surface area contributed by atoms with Crippen molar-refractivity contribution in [3.63, 3.8) is 0 Å². The molecule has 1 aromatic heterocycles. The molecular formula is C64H45NS. The molecule has 1 heterocycles. The molecule has 11 aromatic rings. The van der Waals surface area contributed by atoms with Crippen molar-refractivity contribution < 1.29 is 0 Å². The summed E-state index contributed by atoms with van der Waals surface area (Å²) in [7, 11) is 0. The minimum Gasteiger partial charge on any atom is -0.309 e. The van der Waals surface area contributed by atoms with Crippen molar-refractivity contribution in [2.24, 2.45) is 0 Å². The maximum atomic E-state index is 2.55. The third-order valence-electron chi connectivity index (χ3n) is 14.6. The summed E-state index contributed by atoms with van der Waals surface area (Å²) in [6.45, 7) is 4.75. The predicted molar refractivity (Wildman–Crippen MR) is 280 cm³/mol. The number of hydrogen-bond donors (Lipinski definition) is 0. The fourth-order valence-electron chi connectivity index (χ4n) is 11.7. The van der Waals surface area contributed by atoms with Crippen LogP contribution in [0.4, 0.5) is 17.1 Å². The second-order valence-corrected chi connectivity index (χ2v) is 19.4. The number of anilines is 3. The molecule has 0 aliphatic heterocycles. The van der Waals surface area contributed by atoms with Gasteiger partial charge in [-0.05, 0) is 91.5 Å². The lowest BCUT2D eigenvalue weighted by Gasteiger charge is -2.34. The van der Waals surface area contributed by atoms with Crippen molar-refractivity contribution in [1.82, 2.24) is 0 Å². The molecule has 0 bridgehead atoms. The first kappa shape index (κ1) is 38.7. The summed E-state index contributed by atoms with van der Waals surface area (Å²) in [6, 6.07) is 88.3. The second-order valence-electron chi connectivity index (χ2n) is 18.3. The van der Waals surface area contributed by atoms with Gasteiger partial charge in [-0.1, -0.05) is 220 Å². The highest BCUT2D eigenvalue weighted by Crippen LogP contribution is 2.59. The molecule has 2 aliphatic carbocycles. The molecule has 0 spiro atoms. The van der Waals surface area contributed by atoms with Crippen LogP contribution in [0.15, 0.2) is 237 Å². The van der Waals surface area contributed by atoms with Gasteiger partial charge >= 0.3 is 0 Å². The van der Waals surface area contributed by atoms with Crippen LogP contribution in [0.25, 0.3) is 64.7 Å². The Morgan fingerprint density at radius 3 is 1.58 bits per heavy atom. The van der Waals surface area contributed by atoms with Gasteiger partial charge < -0.3 is 4.90 Å². The SMILES string of the molecule is CC1(C)c2ccccc2-c2c(-c3ccccc3N(c3ccc4c(c3)-c3ccccc3C4(c3ccccc3)c3ccccc3)c3ccccc3-c3cccc4c3sc3ccccc34)cccc21. The predicted octanol–water partition coefficient (Wildman–Crippen LogP) is 17.5. The molecule has 0 fully saturated rings. The Labute approximate surface area is 390 Å². The monoisotopic (exact) mass is 859 g/mol. The molecule has 0 saturated carbocycles. The van der Waals surface area contributed by atoms with E-state index in [-0.39, 0.29) is 5.41 Å². The van der Waals surface area contributed by atoms with Crippen LogP contribution in [0, 0.1) is 0 Å². The maximum absolute atomic E-state index is 2.55. The topological polar surface area (TPSA) is 3.24 Å². The van der Waals surface area contributed by atoms with E-state index in [1.807, 2.05) is 11.3 Å². The summed E-state index contributed by atoms with van der Waals surface area (Å²) in [5, 5.41) is 2.60. The normalized spacial score (nSPS) is 13.8. The Morgan fingerprint density at radius 2 is 0.848 bits per heavy atom. The van der Waals surface area contributed by atoms with Gasteiger partial charge in [0.2, 0.25) is 0 Å². The highest BCUT2D eigenvalue weighted by atomic mass is 32.1. The molecule has 10 aromatic carbocycles. The number of benzene rings is 10. The van der Waals surface area contributed by atoms with E-state index < -0.39 is 5.41 Å². The van der Waals surface area contributed by atoms with Crippen molar-refractivity contribution in [3.05, 3.63) is 270 Å². The Bertz CT molecular complexity index is 3650. The third kappa shape index (κ3) is 5.52. The molecule has 0 atom stereocenters. The minimum absolute atomic E-state index is 0.122. The number of fused-ring (bicyclic) bond motifs is 9. The standard InChI is InChI=1S/C64H45NS/c1-63(2)54-33-14-10-29-52(54)61-49(30-20-35-57(61)63)46-26-11-16-36-58(46)65(59-37-17-12-27-47(59)50-31-19-32-51-48-28-13-18-38-60(48)66-62(50)51)44-39-40-56-53(41-44)45-25-9-15-34-55(45)64(56,42-21-5-3-6-22-42)43-23-7-4-8-24-43/h3-41H,1-2H3. The molecule has 0 unspecified atom stereocenters. The van der Waals surface area contributed by atoms with Gasteiger partial charge in [0.05, 0.1) is 16.8 Å². The molecule has 0 saturated heterocycles. The zero-order valence-corrected chi connectivity index (χ0v) is 37.7. The Hall–Kier alpha value is -7.78. The van der Waals surface area contributed by atoms with E-state index >= 15 is 0 Å². The van der Waals surface area contributed by atoms with E-state index in [1.165, 1.54) is 98.1 Å². The first-order valence-corrected chi connectivity index (χ1v) is 23.8. The van der Waals surface area contributed by atoms with E-state index in [9.17, 15) is 0 Å². The van der Waals surface area contributed by atoms with Gasteiger partial charge in [0, 0.05) is 48.0 Å². The molecule has 1 nitrogen and oxygen atoms in total. The number of nitrogens with zero attached hydrogens (tertiary/aromatic N) is 1. The van der Waals surface area contributed by atoms with Gasteiger partial charge in [-0.2, -0.15) is 0 Å². The zero-order chi connectivity index (χ0) is 44.0. The Balaban J connectivity index is 1.10. The van der Waals surface area contributed by atoms with Crippen molar-refractivity contribution >= 4 is 48.6 Å². The number of thiophene rings is 1. The molecule has 66 heavy (non-hydrogen) atoms. The average Bonchev–Trinajstić information content (AvgIpc) is 3.99. The summed E-state index contributed by atoms with van der Waals surface area (Å²) < 4.78 is 2.61. The highest BCUT2D eigenvalue weighted by molar-refractivity contribution is 7.26. The summed E-state index contributed by atoms with van der Waals surface area (Å²) in [6.07, 6.45) is 0. The average molecular weight is 860 g/mol. The lowest BCUT2D eigenvalue weighted by molar-refractivity contribution is 0.660. The van der Waals surface area contributed by atoms with Gasteiger partial charge in [0.1, 0.15) is 0 Å². The molecule has 0 radical (unpaired) electrons. The van der Waals surface area contributed by atoms with Crippen molar-refractivity contribution in [2.45, 2.75) is 24.7 Å². The number of rotatable bonds is 7. The van der Waals surface area contributed by atoms with Crippen LogP contribution < -0.4 is 4.90 Å². The molecule has 13 rings (SSSR count). The summed E-state index contributed by atoms with van der Waals surface area (Å²) >= 11 is 1.89. The van der Waals surface area contributed by atoms with Crippen LogP contribution in [0.2, 0.25) is 0 Å². The zero-order valence-electron chi connectivity index (χ0n) is 36.9. The Morgan fingerprint density at radius 1 is 0.348 bits per heavy atom. The number of hydrogen-bond acceptors (Lipinski definition) is 2. The lowest BCUT2D eigenvalue weighted by atomic mass is 9.68. The van der Waals surface area contributed by atoms with E-state index in [0.29, 0.717) is 0 Å². The van der Waals surface area contributed by atoms with Gasteiger partial charge in [-0.3, -0.25) is 0 Å². The molecule has 0 N–H and O–H groups in total.